The number of fused-ring (bicyclic) bond motifs is 2. The van der Waals surface area contributed by atoms with Crippen LogP contribution in [0.25, 0.3) is 0 Å². The molecule has 9 nitrogen and oxygen atoms in total. The van der Waals surface area contributed by atoms with E-state index in [1.807, 2.05) is 0 Å². The third kappa shape index (κ3) is 5.80. The fourth-order valence-electron chi connectivity index (χ4n) is 4.17. The van der Waals surface area contributed by atoms with E-state index in [-0.39, 0.29) is 35.3 Å². The van der Waals surface area contributed by atoms with E-state index in [0.717, 1.165) is 17.9 Å². The molecule has 2 aromatic rings. The van der Waals surface area contributed by atoms with Gasteiger partial charge in [0.05, 0.1) is 21.6 Å². The third-order valence-corrected chi connectivity index (χ3v) is 7.52. The first-order valence-corrected chi connectivity index (χ1v) is 13.2. The van der Waals surface area contributed by atoms with Crippen LogP contribution >= 0.6 is 11.6 Å². The highest BCUT2D eigenvalue weighted by molar-refractivity contribution is 7.90. The number of carbonyl (C=O) groups is 2. The van der Waals surface area contributed by atoms with Crippen molar-refractivity contribution in [3.8, 4) is 11.5 Å². The van der Waals surface area contributed by atoms with E-state index in [1.165, 1.54) is 36.4 Å². The molecule has 1 atom stereocenters. The molecule has 0 aliphatic heterocycles. The lowest BCUT2D eigenvalue weighted by molar-refractivity contribution is -0.129. The highest BCUT2D eigenvalue weighted by atomic mass is 35.5. The first kappa shape index (κ1) is 25.9. The average molecular weight is 539 g/mol. The maximum atomic E-state index is 13.5. The van der Waals surface area contributed by atoms with E-state index in [4.69, 9.17) is 21.1 Å². The minimum atomic E-state index is -3.33. The Morgan fingerprint density at radius 3 is 2.31 bits per heavy atom. The number of halogens is 2. The first-order chi connectivity index (χ1) is 16.9. The number of hydrogen-bond acceptors (Lipinski definition) is 7. The summed E-state index contributed by atoms with van der Waals surface area (Å²) in [5, 5.41) is 16.2. The van der Waals surface area contributed by atoms with E-state index in [9.17, 15) is 27.5 Å². The molecule has 192 valence electrons. The molecule has 5 rings (SSSR count). The van der Waals surface area contributed by atoms with Crippen LogP contribution in [-0.2, 0) is 19.4 Å². The Labute approximate surface area is 212 Å². The average Bonchev–Trinajstić information content (AvgIpc) is 2.79. The molecule has 0 saturated heterocycles. The Morgan fingerprint density at radius 2 is 1.69 bits per heavy atom. The molecule has 0 radical (unpaired) electrons. The fourth-order valence-corrected chi connectivity index (χ4v) is 4.92. The van der Waals surface area contributed by atoms with E-state index in [2.05, 4.69) is 10.6 Å². The number of aliphatic hydroxyl groups excluding tert-OH is 1. The third-order valence-electron chi connectivity index (χ3n) is 6.08. The second-order valence-corrected chi connectivity index (χ2v) is 11.2. The second-order valence-electron chi connectivity index (χ2n) is 8.80. The number of sulfone groups is 1. The van der Waals surface area contributed by atoms with Crippen LogP contribution in [0.1, 0.15) is 19.3 Å². The van der Waals surface area contributed by atoms with E-state index >= 15 is 0 Å². The highest BCUT2D eigenvalue weighted by Crippen LogP contribution is 2.47. The molecule has 3 aliphatic rings. The van der Waals surface area contributed by atoms with Crippen LogP contribution in [0, 0.1) is 5.82 Å². The maximum Gasteiger partial charge on any atom is 0.262 e. The molecule has 2 aromatic carbocycles. The van der Waals surface area contributed by atoms with E-state index < -0.39 is 39.1 Å². The molecular weight excluding hydrogens is 515 g/mol. The van der Waals surface area contributed by atoms with Crippen LogP contribution in [-0.4, -0.2) is 56.5 Å². The van der Waals surface area contributed by atoms with Gasteiger partial charge in [0, 0.05) is 24.4 Å². The molecule has 2 bridgehead atoms. The number of ether oxygens (including phenoxy) is 2. The van der Waals surface area contributed by atoms with Gasteiger partial charge in [-0.2, -0.15) is 0 Å². The van der Waals surface area contributed by atoms with E-state index in [1.54, 1.807) is 0 Å². The SMILES string of the molecule is CS(=O)(=O)c1ccc(OCC(=O)NC23CC(=C(NC(=O)COc4ccc(Cl)c(F)c4)C[C@@H]2O)C3)cc1. The number of hydrogen-bond donors (Lipinski definition) is 3. The summed E-state index contributed by atoms with van der Waals surface area (Å²) in [7, 11) is -3.33. The molecule has 0 unspecified atom stereocenters. The predicted molar refractivity (Wildman–Crippen MR) is 128 cm³/mol. The van der Waals surface area contributed by atoms with Crippen molar-refractivity contribution in [1.82, 2.24) is 10.6 Å². The van der Waals surface area contributed by atoms with Crippen molar-refractivity contribution >= 4 is 33.3 Å². The van der Waals surface area contributed by atoms with Gasteiger partial charge < -0.3 is 25.2 Å². The Balaban J connectivity index is 1.26. The lowest BCUT2D eigenvalue weighted by Gasteiger charge is -2.52. The fraction of sp³-hybridized carbons (Fsp3) is 0.333. The Kier molecular flexibility index (Phi) is 7.26. The van der Waals surface area contributed by atoms with Gasteiger partial charge in [0.1, 0.15) is 17.3 Å². The van der Waals surface area contributed by atoms with Crippen molar-refractivity contribution in [2.24, 2.45) is 0 Å². The number of rotatable bonds is 9. The molecule has 3 aliphatic carbocycles. The normalized spacial score (nSPS) is 20.8. The summed E-state index contributed by atoms with van der Waals surface area (Å²) in [5.41, 5.74) is 0.655. The summed E-state index contributed by atoms with van der Waals surface area (Å²) in [6, 6.07) is 9.57. The van der Waals surface area contributed by atoms with Crippen LogP contribution in [0.4, 0.5) is 4.39 Å². The number of aliphatic hydroxyl groups is 1. The van der Waals surface area contributed by atoms with Gasteiger partial charge in [-0.05, 0) is 54.8 Å². The van der Waals surface area contributed by atoms with Gasteiger partial charge in [-0.15, -0.1) is 0 Å². The number of amides is 2. The molecule has 1 fully saturated rings. The smallest absolute Gasteiger partial charge is 0.262 e. The van der Waals surface area contributed by atoms with Crippen molar-refractivity contribution in [3.05, 3.63) is 64.6 Å². The lowest BCUT2D eigenvalue weighted by Crippen LogP contribution is -2.65. The molecule has 2 amide bonds. The zero-order chi connectivity index (χ0) is 26.1. The van der Waals surface area contributed by atoms with Crippen molar-refractivity contribution in [3.63, 3.8) is 0 Å². The zero-order valence-electron chi connectivity index (χ0n) is 19.2. The number of nitrogens with one attached hydrogen (secondary N) is 2. The maximum absolute atomic E-state index is 13.5. The molecule has 0 spiro atoms. The molecule has 12 heteroatoms. The first-order valence-electron chi connectivity index (χ1n) is 11.0. The van der Waals surface area contributed by atoms with E-state index in [0.29, 0.717) is 24.3 Å². The summed E-state index contributed by atoms with van der Waals surface area (Å²) in [6.07, 6.45) is 1.07. The molecular formula is C24H24ClFN2O7S. The van der Waals surface area contributed by atoms with Crippen molar-refractivity contribution in [1.29, 1.82) is 0 Å². The summed E-state index contributed by atoms with van der Waals surface area (Å²) < 4.78 is 47.2. The highest BCUT2D eigenvalue weighted by Gasteiger charge is 2.52. The van der Waals surface area contributed by atoms with Crippen LogP contribution in [0.3, 0.4) is 0 Å². The summed E-state index contributed by atoms with van der Waals surface area (Å²) in [6.45, 7) is -0.656. The monoisotopic (exact) mass is 538 g/mol. The Morgan fingerprint density at radius 1 is 1.08 bits per heavy atom. The molecule has 36 heavy (non-hydrogen) atoms. The van der Waals surface area contributed by atoms with Crippen LogP contribution in [0.5, 0.6) is 11.5 Å². The standard InChI is InChI=1S/C24H24ClFN2O7S/c1-36(32,33)17-5-2-15(3-6-17)34-13-23(31)28-24-10-14(11-24)20(9-21(24)29)27-22(30)12-35-16-4-7-18(25)19(26)8-16/h2-8,21,29H,9-13H2,1H3,(H,27,30)(H,28,31)/t21-/m0/s1. The van der Waals surface area contributed by atoms with Gasteiger partial charge in [-0.1, -0.05) is 11.6 Å². The van der Waals surface area contributed by atoms with Crippen molar-refractivity contribution < 1.29 is 37.0 Å². The van der Waals surface area contributed by atoms with Gasteiger partial charge >= 0.3 is 0 Å². The Hall–Kier alpha value is -3.15. The lowest BCUT2D eigenvalue weighted by atomic mass is 9.62. The predicted octanol–water partition coefficient (Wildman–Crippen LogP) is 2.12. The minimum absolute atomic E-state index is 0.0506. The molecule has 0 aromatic heterocycles. The van der Waals surface area contributed by atoms with Gasteiger partial charge in [-0.3, -0.25) is 9.59 Å². The second kappa shape index (κ2) is 10.1. The van der Waals surface area contributed by atoms with Crippen molar-refractivity contribution in [2.75, 3.05) is 19.5 Å². The van der Waals surface area contributed by atoms with Gasteiger partial charge in [0.2, 0.25) is 0 Å². The zero-order valence-corrected chi connectivity index (χ0v) is 20.8. The van der Waals surface area contributed by atoms with Crippen LogP contribution in [0.2, 0.25) is 5.02 Å². The number of carbonyl (C=O) groups excluding carboxylic acids is 2. The van der Waals surface area contributed by atoms with Gasteiger partial charge in [-0.25, -0.2) is 12.8 Å². The van der Waals surface area contributed by atoms with Crippen LogP contribution < -0.4 is 20.1 Å². The quantitative estimate of drug-likeness (QED) is 0.446. The minimum Gasteiger partial charge on any atom is -0.484 e. The largest absolute Gasteiger partial charge is 0.484 e. The summed E-state index contributed by atoms with van der Waals surface area (Å²) in [4.78, 5) is 24.8. The summed E-state index contributed by atoms with van der Waals surface area (Å²) in [5.74, 6) is -1.05. The van der Waals surface area contributed by atoms with Crippen molar-refractivity contribution in [2.45, 2.75) is 35.8 Å². The number of benzene rings is 2. The van der Waals surface area contributed by atoms with Gasteiger partial charge in [0.15, 0.2) is 23.1 Å². The van der Waals surface area contributed by atoms with Crippen LogP contribution in [0.15, 0.2) is 58.6 Å². The van der Waals surface area contributed by atoms with Gasteiger partial charge in [0.25, 0.3) is 11.8 Å². The molecule has 0 heterocycles. The molecule has 1 saturated carbocycles. The summed E-state index contributed by atoms with van der Waals surface area (Å²) >= 11 is 5.62. The Bertz CT molecular complexity index is 1320. The molecule has 3 N–H and O–H groups in total. The topological polar surface area (TPSA) is 131 Å².